The third-order valence-corrected chi connectivity index (χ3v) is 3.39. The summed E-state index contributed by atoms with van der Waals surface area (Å²) in [6, 6.07) is 5.71. The van der Waals surface area contributed by atoms with Crippen molar-refractivity contribution < 1.29 is 19.4 Å². The van der Waals surface area contributed by atoms with Crippen molar-refractivity contribution in [3.05, 3.63) is 23.8 Å². The summed E-state index contributed by atoms with van der Waals surface area (Å²) >= 11 is 0. The molecule has 4 heteroatoms. The molecule has 0 saturated heterocycles. The first-order valence-electron chi connectivity index (χ1n) is 6.49. The second-order valence-electron chi connectivity index (χ2n) is 5.92. The van der Waals surface area contributed by atoms with Gasteiger partial charge >= 0.3 is 5.97 Å². The second kappa shape index (κ2) is 5.11. The van der Waals surface area contributed by atoms with Gasteiger partial charge in [0.15, 0.2) is 11.5 Å². The predicted octanol–water partition coefficient (Wildman–Crippen LogP) is 3.06. The molecule has 1 aromatic carbocycles. The Hall–Kier alpha value is -1.71. The lowest BCUT2D eigenvalue weighted by molar-refractivity contribution is -0.138. The lowest BCUT2D eigenvalue weighted by Crippen LogP contribution is -2.22. The van der Waals surface area contributed by atoms with Gasteiger partial charge in [-0.05, 0) is 29.0 Å². The maximum Gasteiger partial charge on any atom is 0.303 e. The molecule has 0 saturated carbocycles. The van der Waals surface area contributed by atoms with Crippen LogP contribution in [0.3, 0.4) is 0 Å². The Morgan fingerprint density at radius 1 is 1.26 bits per heavy atom. The van der Waals surface area contributed by atoms with E-state index in [-0.39, 0.29) is 17.8 Å². The van der Waals surface area contributed by atoms with Gasteiger partial charge in [0.1, 0.15) is 13.2 Å². The number of benzene rings is 1. The molecule has 1 unspecified atom stereocenters. The maximum atomic E-state index is 11.1. The van der Waals surface area contributed by atoms with Crippen LogP contribution in [0.4, 0.5) is 0 Å². The van der Waals surface area contributed by atoms with Gasteiger partial charge in [0.05, 0.1) is 6.42 Å². The van der Waals surface area contributed by atoms with Gasteiger partial charge < -0.3 is 14.6 Å². The molecule has 0 spiro atoms. The van der Waals surface area contributed by atoms with Crippen LogP contribution < -0.4 is 9.47 Å². The lowest BCUT2D eigenvalue weighted by atomic mass is 9.74. The molecule has 0 aromatic heterocycles. The van der Waals surface area contributed by atoms with Crippen LogP contribution in [0.5, 0.6) is 11.5 Å². The van der Waals surface area contributed by atoms with Crippen LogP contribution in [-0.2, 0) is 4.79 Å². The Labute approximate surface area is 113 Å². The van der Waals surface area contributed by atoms with Crippen LogP contribution >= 0.6 is 0 Å². The summed E-state index contributed by atoms with van der Waals surface area (Å²) in [6.07, 6.45) is 0.114. The van der Waals surface area contributed by atoms with E-state index in [2.05, 4.69) is 20.8 Å². The summed E-state index contributed by atoms with van der Waals surface area (Å²) < 4.78 is 11.0. The van der Waals surface area contributed by atoms with Gasteiger partial charge in [0.25, 0.3) is 0 Å². The molecule has 0 radical (unpaired) electrons. The largest absolute Gasteiger partial charge is 0.486 e. The van der Waals surface area contributed by atoms with Crippen LogP contribution in [0.15, 0.2) is 18.2 Å². The van der Waals surface area contributed by atoms with Gasteiger partial charge in [-0.15, -0.1) is 0 Å². The highest BCUT2D eigenvalue weighted by atomic mass is 16.6. The molecule has 2 rings (SSSR count). The fourth-order valence-corrected chi connectivity index (χ4v) is 2.38. The zero-order chi connectivity index (χ0) is 14.0. The molecule has 0 amide bonds. The monoisotopic (exact) mass is 264 g/mol. The van der Waals surface area contributed by atoms with Crippen molar-refractivity contribution in [2.75, 3.05) is 13.2 Å². The highest BCUT2D eigenvalue weighted by Crippen LogP contribution is 2.41. The molecule has 1 aliphatic heterocycles. The van der Waals surface area contributed by atoms with Crippen molar-refractivity contribution in [3.8, 4) is 11.5 Å². The van der Waals surface area contributed by atoms with Crippen LogP contribution in [0.2, 0.25) is 0 Å². The standard InChI is InChI=1S/C15H20O4/c1-15(2,3)11(9-14(16)17)10-4-5-12-13(8-10)19-7-6-18-12/h4-5,8,11H,6-7,9H2,1-3H3,(H,16,17). The summed E-state index contributed by atoms with van der Waals surface area (Å²) in [5, 5.41) is 9.09. The molecular formula is C15H20O4. The third kappa shape index (κ3) is 3.19. The topological polar surface area (TPSA) is 55.8 Å². The Balaban J connectivity index is 2.34. The first kappa shape index (κ1) is 13.7. The SMILES string of the molecule is CC(C)(C)C(CC(=O)O)c1ccc2c(c1)OCCO2. The third-order valence-electron chi connectivity index (χ3n) is 3.39. The fourth-order valence-electron chi connectivity index (χ4n) is 2.38. The van der Waals surface area contributed by atoms with E-state index in [1.54, 1.807) is 0 Å². The van der Waals surface area contributed by atoms with E-state index >= 15 is 0 Å². The van der Waals surface area contributed by atoms with Gasteiger partial charge in [-0.25, -0.2) is 0 Å². The van der Waals surface area contributed by atoms with Crippen molar-refractivity contribution in [2.45, 2.75) is 33.1 Å². The summed E-state index contributed by atoms with van der Waals surface area (Å²) in [5.41, 5.74) is 0.862. The average molecular weight is 264 g/mol. The number of aliphatic carboxylic acids is 1. The van der Waals surface area contributed by atoms with Gasteiger partial charge in [0, 0.05) is 0 Å². The summed E-state index contributed by atoms with van der Waals surface area (Å²) in [6.45, 7) is 7.26. The van der Waals surface area contributed by atoms with Gasteiger partial charge in [-0.2, -0.15) is 0 Å². The number of rotatable bonds is 3. The molecule has 104 valence electrons. The van der Waals surface area contributed by atoms with Gasteiger partial charge in [0.2, 0.25) is 0 Å². The van der Waals surface area contributed by atoms with E-state index < -0.39 is 5.97 Å². The smallest absolute Gasteiger partial charge is 0.303 e. The van der Waals surface area contributed by atoms with Crippen LogP contribution in [0.25, 0.3) is 0 Å². The van der Waals surface area contributed by atoms with Crippen LogP contribution in [0, 0.1) is 5.41 Å². The van der Waals surface area contributed by atoms with E-state index in [4.69, 9.17) is 14.6 Å². The van der Waals surface area contributed by atoms with E-state index in [0.29, 0.717) is 19.0 Å². The maximum absolute atomic E-state index is 11.1. The molecule has 1 aromatic rings. The Bertz CT molecular complexity index is 474. The molecular weight excluding hydrogens is 244 g/mol. The highest BCUT2D eigenvalue weighted by molar-refractivity contribution is 5.68. The van der Waals surface area contributed by atoms with Crippen LogP contribution in [0.1, 0.15) is 38.7 Å². The van der Waals surface area contributed by atoms with E-state index in [9.17, 15) is 4.79 Å². The summed E-state index contributed by atoms with van der Waals surface area (Å²) in [7, 11) is 0. The number of carbonyl (C=O) groups is 1. The molecule has 1 heterocycles. The molecule has 0 bridgehead atoms. The number of hydrogen-bond donors (Lipinski definition) is 1. The molecule has 1 N–H and O–H groups in total. The molecule has 19 heavy (non-hydrogen) atoms. The minimum atomic E-state index is -0.783. The number of carboxylic acid groups (broad SMARTS) is 1. The Morgan fingerprint density at radius 2 is 1.89 bits per heavy atom. The van der Waals surface area contributed by atoms with E-state index in [1.165, 1.54) is 0 Å². The lowest BCUT2D eigenvalue weighted by Gasteiger charge is -2.31. The predicted molar refractivity (Wildman–Crippen MR) is 71.9 cm³/mol. The highest BCUT2D eigenvalue weighted by Gasteiger charge is 2.29. The minimum absolute atomic E-state index is 0.0548. The summed E-state index contributed by atoms with van der Waals surface area (Å²) in [5.74, 6) is 0.608. The molecule has 1 aliphatic rings. The van der Waals surface area contributed by atoms with Crippen molar-refractivity contribution in [1.82, 2.24) is 0 Å². The number of fused-ring (bicyclic) bond motifs is 1. The first-order valence-corrected chi connectivity index (χ1v) is 6.49. The Morgan fingerprint density at radius 3 is 2.47 bits per heavy atom. The number of ether oxygens (including phenoxy) is 2. The zero-order valence-corrected chi connectivity index (χ0v) is 11.6. The van der Waals surface area contributed by atoms with Crippen molar-refractivity contribution >= 4 is 5.97 Å². The zero-order valence-electron chi connectivity index (χ0n) is 11.6. The van der Waals surface area contributed by atoms with Crippen LogP contribution in [-0.4, -0.2) is 24.3 Å². The molecule has 0 fully saturated rings. The average Bonchev–Trinajstić information content (AvgIpc) is 2.34. The summed E-state index contributed by atoms with van der Waals surface area (Å²) in [4.78, 5) is 11.1. The molecule has 4 nitrogen and oxygen atoms in total. The van der Waals surface area contributed by atoms with Crippen molar-refractivity contribution in [3.63, 3.8) is 0 Å². The normalized spacial score (nSPS) is 15.9. The van der Waals surface area contributed by atoms with E-state index in [0.717, 1.165) is 11.3 Å². The van der Waals surface area contributed by atoms with Gasteiger partial charge in [-0.1, -0.05) is 26.8 Å². The first-order chi connectivity index (χ1) is 8.88. The Kier molecular flexibility index (Phi) is 3.69. The molecule has 0 aliphatic carbocycles. The quantitative estimate of drug-likeness (QED) is 0.911. The number of hydrogen-bond acceptors (Lipinski definition) is 3. The van der Waals surface area contributed by atoms with Crippen molar-refractivity contribution in [1.29, 1.82) is 0 Å². The van der Waals surface area contributed by atoms with E-state index in [1.807, 2.05) is 18.2 Å². The van der Waals surface area contributed by atoms with Crippen molar-refractivity contribution in [2.24, 2.45) is 5.41 Å². The second-order valence-corrected chi connectivity index (χ2v) is 5.92. The molecule has 1 atom stereocenters. The minimum Gasteiger partial charge on any atom is -0.486 e. The fraction of sp³-hybridized carbons (Fsp3) is 0.533. The number of carboxylic acids is 1. The van der Waals surface area contributed by atoms with Gasteiger partial charge in [-0.3, -0.25) is 4.79 Å².